The predicted molar refractivity (Wildman–Crippen MR) is 53.4 cm³/mol. The van der Waals surface area contributed by atoms with E-state index < -0.39 is 0 Å². The average molecular weight is 184 g/mol. The first-order valence-corrected chi connectivity index (χ1v) is 5.12. The van der Waals surface area contributed by atoms with Gasteiger partial charge >= 0.3 is 6.03 Å². The van der Waals surface area contributed by atoms with E-state index in [4.69, 9.17) is 5.73 Å². The van der Waals surface area contributed by atoms with Crippen LogP contribution < -0.4 is 5.73 Å². The summed E-state index contributed by atoms with van der Waals surface area (Å²) in [6.45, 7) is 6.21. The molecule has 0 bridgehead atoms. The molecule has 0 aromatic rings. The number of nitrogens with two attached hydrogens (primary N) is 1. The van der Waals surface area contributed by atoms with Crippen molar-refractivity contribution < 1.29 is 4.79 Å². The van der Waals surface area contributed by atoms with Gasteiger partial charge in [-0.05, 0) is 24.7 Å². The largest absolute Gasteiger partial charge is 0.351 e. The van der Waals surface area contributed by atoms with E-state index in [1.807, 2.05) is 0 Å². The van der Waals surface area contributed by atoms with Crippen molar-refractivity contribution in [3.63, 3.8) is 0 Å². The Bertz CT molecular complexity index is 183. The van der Waals surface area contributed by atoms with Crippen molar-refractivity contribution in [1.29, 1.82) is 0 Å². The maximum Gasteiger partial charge on any atom is 0.314 e. The Balaban J connectivity index is 2.41. The lowest BCUT2D eigenvalue weighted by molar-refractivity contribution is 0.126. The first-order chi connectivity index (χ1) is 6.07. The van der Waals surface area contributed by atoms with E-state index in [0.29, 0.717) is 5.41 Å². The average Bonchev–Trinajstić information content (AvgIpc) is 2.05. The number of piperidine rings is 1. The van der Waals surface area contributed by atoms with Crippen LogP contribution in [0.25, 0.3) is 0 Å². The second-order valence-corrected chi connectivity index (χ2v) is 4.39. The third-order valence-electron chi connectivity index (χ3n) is 3.14. The molecule has 1 aliphatic heterocycles. The third-order valence-corrected chi connectivity index (χ3v) is 3.14. The van der Waals surface area contributed by atoms with Gasteiger partial charge in [0.1, 0.15) is 0 Å². The van der Waals surface area contributed by atoms with Gasteiger partial charge in [0.05, 0.1) is 0 Å². The van der Waals surface area contributed by atoms with E-state index >= 15 is 0 Å². The summed E-state index contributed by atoms with van der Waals surface area (Å²) in [4.78, 5) is 12.6. The zero-order valence-corrected chi connectivity index (χ0v) is 8.68. The number of amides is 2. The van der Waals surface area contributed by atoms with Crippen molar-refractivity contribution in [2.45, 2.75) is 39.5 Å². The number of hydrogen-bond donors (Lipinski definition) is 1. The first-order valence-electron chi connectivity index (χ1n) is 5.12. The van der Waals surface area contributed by atoms with Crippen LogP contribution in [-0.4, -0.2) is 24.0 Å². The van der Waals surface area contributed by atoms with Crippen LogP contribution in [0.1, 0.15) is 39.5 Å². The van der Waals surface area contributed by atoms with Gasteiger partial charge in [-0.15, -0.1) is 0 Å². The lowest BCUT2D eigenvalue weighted by Gasteiger charge is -2.38. The Hall–Kier alpha value is -0.730. The molecule has 2 amide bonds. The quantitative estimate of drug-likeness (QED) is 0.700. The van der Waals surface area contributed by atoms with Gasteiger partial charge in [0.15, 0.2) is 0 Å². The minimum Gasteiger partial charge on any atom is -0.351 e. The molecule has 1 heterocycles. The van der Waals surface area contributed by atoms with Crippen LogP contribution >= 0.6 is 0 Å². The highest BCUT2D eigenvalue weighted by atomic mass is 16.2. The standard InChI is InChI=1S/C10H20N2O/c1-3-4-10(2)5-7-12(8-6-10)9(11)13/h3-8H2,1-2H3,(H2,11,13). The molecule has 0 atom stereocenters. The maximum absolute atomic E-state index is 10.9. The lowest BCUT2D eigenvalue weighted by atomic mass is 9.77. The number of hydrogen-bond acceptors (Lipinski definition) is 1. The van der Waals surface area contributed by atoms with Crippen molar-refractivity contribution in [3.05, 3.63) is 0 Å². The summed E-state index contributed by atoms with van der Waals surface area (Å²) in [6, 6.07) is -0.265. The minimum absolute atomic E-state index is 0.265. The van der Waals surface area contributed by atoms with E-state index in [1.54, 1.807) is 4.90 Å². The molecule has 0 aliphatic carbocycles. The number of rotatable bonds is 2. The van der Waals surface area contributed by atoms with E-state index in [2.05, 4.69) is 13.8 Å². The van der Waals surface area contributed by atoms with Gasteiger partial charge in [-0.3, -0.25) is 0 Å². The Morgan fingerprint density at radius 1 is 1.46 bits per heavy atom. The summed E-state index contributed by atoms with van der Waals surface area (Å²) in [5, 5.41) is 0. The Morgan fingerprint density at radius 2 is 2.00 bits per heavy atom. The van der Waals surface area contributed by atoms with Crippen molar-refractivity contribution in [1.82, 2.24) is 4.90 Å². The van der Waals surface area contributed by atoms with Crippen LogP contribution in [0.2, 0.25) is 0 Å². The smallest absolute Gasteiger partial charge is 0.314 e. The van der Waals surface area contributed by atoms with E-state index in [9.17, 15) is 4.79 Å². The molecular weight excluding hydrogens is 164 g/mol. The summed E-state index contributed by atoms with van der Waals surface area (Å²) in [5.74, 6) is 0. The number of urea groups is 1. The fraction of sp³-hybridized carbons (Fsp3) is 0.900. The second kappa shape index (κ2) is 3.99. The van der Waals surface area contributed by atoms with Crippen LogP contribution in [0.15, 0.2) is 0 Å². The monoisotopic (exact) mass is 184 g/mol. The molecule has 1 rings (SSSR count). The molecular formula is C10H20N2O. The normalized spacial score (nSPS) is 21.5. The van der Waals surface area contributed by atoms with Gasteiger partial charge in [0, 0.05) is 13.1 Å². The molecule has 0 aromatic carbocycles. The van der Waals surface area contributed by atoms with E-state index in [1.165, 1.54) is 12.8 Å². The van der Waals surface area contributed by atoms with Gasteiger partial charge in [0.2, 0.25) is 0 Å². The fourth-order valence-corrected chi connectivity index (χ4v) is 2.12. The first kappa shape index (κ1) is 10.4. The van der Waals surface area contributed by atoms with Crippen LogP contribution in [0.3, 0.4) is 0 Å². The summed E-state index contributed by atoms with van der Waals surface area (Å²) in [5.41, 5.74) is 5.66. The molecule has 0 aromatic heterocycles. The number of nitrogens with zero attached hydrogens (tertiary/aromatic N) is 1. The molecule has 1 saturated heterocycles. The molecule has 0 saturated carbocycles. The summed E-state index contributed by atoms with van der Waals surface area (Å²) in [6.07, 6.45) is 4.69. The van der Waals surface area contributed by atoms with Crippen molar-refractivity contribution in [3.8, 4) is 0 Å². The molecule has 3 heteroatoms. The molecule has 3 nitrogen and oxygen atoms in total. The van der Waals surface area contributed by atoms with Gasteiger partial charge in [-0.25, -0.2) is 4.79 Å². The predicted octanol–water partition coefficient (Wildman–Crippen LogP) is 1.97. The molecule has 0 spiro atoms. The Kier molecular flexibility index (Phi) is 3.17. The molecule has 13 heavy (non-hydrogen) atoms. The Morgan fingerprint density at radius 3 is 2.38 bits per heavy atom. The van der Waals surface area contributed by atoms with E-state index in [-0.39, 0.29) is 6.03 Å². The van der Waals surface area contributed by atoms with Gasteiger partial charge in [-0.1, -0.05) is 20.3 Å². The van der Waals surface area contributed by atoms with Crippen molar-refractivity contribution in [2.75, 3.05) is 13.1 Å². The lowest BCUT2D eigenvalue weighted by Crippen LogP contribution is -2.44. The molecule has 1 fully saturated rings. The fourth-order valence-electron chi connectivity index (χ4n) is 2.12. The van der Waals surface area contributed by atoms with E-state index in [0.717, 1.165) is 25.9 Å². The van der Waals surface area contributed by atoms with Crippen LogP contribution in [0.5, 0.6) is 0 Å². The summed E-state index contributed by atoms with van der Waals surface area (Å²) < 4.78 is 0. The summed E-state index contributed by atoms with van der Waals surface area (Å²) in [7, 11) is 0. The second-order valence-electron chi connectivity index (χ2n) is 4.39. The zero-order valence-electron chi connectivity index (χ0n) is 8.68. The highest BCUT2D eigenvalue weighted by Crippen LogP contribution is 2.35. The molecule has 0 radical (unpaired) electrons. The van der Waals surface area contributed by atoms with Crippen LogP contribution in [-0.2, 0) is 0 Å². The minimum atomic E-state index is -0.265. The summed E-state index contributed by atoms with van der Waals surface area (Å²) >= 11 is 0. The number of primary amides is 1. The van der Waals surface area contributed by atoms with Gasteiger partial charge in [0.25, 0.3) is 0 Å². The molecule has 2 N–H and O–H groups in total. The third kappa shape index (κ3) is 2.61. The van der Waals surface area contributed by atoms with Crippen molar-refractivity contribution in [2.24, 2.45) is 11.1 Å². The number of carbonyl (C=O) groups excluding carboxylic acids is 1. The van der Waals surface area contributed by atoms with Crippen LogP contribution in [0, 0.1) is 5.41 Å². The van der Waals surface area contributed by atoms with Crippen molar-refractivity contribution >= 4 is 6.03 Å². The number of likely N-dealkylation sites (tertiary alicyclic amines) is 1. The van der Waals surface area contributed by atoms with Gasteiger partial charge in [-0.2, -0.15) is 0 Å². The molecule has 0 unspecified atom stereocenters. The zero-order chi connectivity index (χ0) is 9.90. The highest BCUT2D eigenvalue weighted by molar-refractivity contribution is 5.72. The van der Waals surface area contributed by atoms with Gasteiger partial charge < -0.3 is 10.6 Å². The maximum atomic E-state index is 10.9. The SMILES string of the molecule is CCCC1(C)CCN(C(N)=O)CC1. The topological polar surface area (TPSA) is 46.3 Å². The molecule has 1 aliphatic rings. The number of carbonyl (C=O) groups is 1. The van der Waals surface area contributed by atoms with Crippen LogP contribution in [0.4, 0.5) is 4.79 Å². The highest BCUT2D eigenvalue weighted by Gasteiger charge is 2.29. The Labute approximate surface area is 80.3 Å². The molecule has 76 valence electrons.